The van der Waals surface area contributed by atoms with Crippen molar-refractivity contribution in [1.82, 2.24) is 9.80 Å². The summed E-state index contributed by atoms with van der Waals surface area (Å²) in [6.07, 6.45) is -0.312. The maximum absolute atomic E-state index is 12.3. The number of piperazine rings is 1. The number of carbonyl (C=O) groups excluding carboxylic acids is 2. The van der Waals surface area contributed by atoms with Crippen LogP contribution in [0.15, 0.2) is 15.9 Å². The molecular formula is C14H19BrN2O3S. The first kappa shape index (κ1) is 16.3. The van der Waals surface area contributed by atoms with E-state index in [0.717, 1.165) is 4.47 Å². The third-order valence-corrected chi connectivity index (χ3v) is 4.68. The van der Waals surface area contributed by atoms with Crippen molar-refractivity contribution in [2.45, 2.75) is 26.4 Å². The molecular weight excluding hydrogens is 356 g/mol. The van der Waals surface area contributed by atoms with Gasteiger partial charge in [0.05, 0.1) is 4.88 Å². The summed E-state index contributed by atoms with van der Waals surface area (Å²) >= 11 is 4.77. The minimum absolute atomic E-state index is 0.0227. The summed E-state index contributed by atoms with van der Waals surface area (Å²) in [5.74, 6) is 0.0227. The first-order chi connectivity index (χ1) is 9.76. The van der Waals surface area contributed by atoms with E-state index in [-0.39, 0.29) is 12.0 Å². The lowest BCUT2D eigenvalue weighted by Gasteiger charge is -2.35. The maximum Gasteiger partial charge on any atom is 0.410 e. The fourth-order valence-electron chi connectivity index (χ4n) is 2.00. The largest absolute Gasteiger partial charge is 0.444 e. The van der Waals surface area contributed by atoms with Crippen molar-refractivity contribution < 1.29 is 14.3 Å². The molecule has 2 amide bonds. The first-order valence-electron chi connectivity index (χ1n) is 6.77. The molecule has 0 radical (unpaired) electrons. The van der Waals surface area contributed by atoms with Crippen molar-refractivity contribution in [3.05, 3.63) is 20.8 Å². The molecule has 0 spiro atoms. The molecule has 21 heavy (non-hydrogen) atoms. The molecule has 7 heteroatoms. The molecule has 0 aliphatic carbocycles. The predicted molar refractivity (Wildman–Crippen MR) is 85.7 cm³/mol. The molecule has 0 atom stereocenters. The molecule has 2 heterocycles. The summed E-state index contributed by atoms with van der Waals surface area (Å²) in [5, 5.41) is 1.89. The van der Waals surface area contributed by atoms with Crippen molar-refractivity contribution >= 4 is 39.3 Å². The van der Waals surface area contributed by atoms with E-state index < -0.39 is 5.60 Å². The zero-order valence-corrected chi connectivity index (χ0v) is 14.8. The van der Waals surface area contributed by atoms with Gasteiger partial charge in [0.25, 0.3) is 5.91 Å². The predicted octanol–water partition coefficient (Wildman–Crippen LogP) is 3.20. The molecule has 0 bridgehead atoms. The molecule has 1 fully saturated rings. The molecule has 5 nitrogen and oxygen atoms in total. The Labute approximate surface area is 137 Å². The Balaban J connectivity index is 1.88. The quantitative estimate of drug-likeness (QED) is 0.758. The summed E-state index contributed by atoms with van der Waals surface area (Å²) in [5.41, 5.74) is -0.493. The SMILES string of the molecule is CC(C)(C)OC(=O)N1CCN(C(=O)c2cc(Br)cs2)CC1. The van der Waals surface area contributed by atoms with E-state index in [1.165, 1.54) is 11.3 Å². The van der Waals surface area contributed by atoms with Crippen molar-refractivity contribution in [1.29, 1.82) is 0 Å². The Morgan fingerprint density at radius 1 is 1.19 bits per heavy atom. The van der Waals surface area contributed by atoms with Gasteiger partial charge in [-0.05, 0) is 42.8 Å². The number of carbonyl (C=O) groups is 2. The van der Waals surface area contributed by atoms with Gasteiger partial charge in [-0.1, -0.05) is 0 Å². The van der Waals surface area contributed by atoms with Crippen LogP contribution in [-0.4, -0.2) is 53.6 Å². The molecule has 1 aromatic rings. The lowest BCUT2D eigenvalue weighted by atomic mass is 10.2. The van der Waals surface area contributed by atoms with Crippen LogP contribution in [0.1, 0.15) is 30.4 Å². The highest BCUT2D eigenvalue weighted by atomic mass is 79.9. The summed E-state index contributed by atoms with van der Waals surface area (Å²) in [6.45, 7) is 7.62. The lowest BCUT2D eigenvalue weighted by molar-refractivity contribution is 0.0141. The smallest absolute Gasteiger partial charge is 0.410 e. The van der Waals surface area contributed by atoms with Crippen molar-refractivity contribution in [2.75, 3.05) is 26.2 Å². The molecule has 0 N–H and O–H groups in total. The Bertz CT molecular complexity index is 531. The highest BCUT2D eigenvalue weighted by molar-refractivity contribution is 9.10. The fraction of sp³-hybridized carbons (Fsp3) is 0.571. The number of amides is 2. The van der Waals surface area contributed by atoms with Crippen LogP contribution in [-0.2, 0) is 4.74 Å². The Morgan fingerprint density at radius 3 is 2.24 bits per heavy atom. The highest BCUT2D eigenvalue weighted by Gasteiger charge is 2.28. The number of nitrogens with zero attached hydrogens (tertiary/aromatic N) is 2. The van der Waals surface area contributed by atoms with Gasteiger partial charge in [0.2, 0.25) is 0 Å². The van der Waals surface area contributed by atoms with Gasteiger partial charge in [-0.25, -0.2) is 4.79 Å². The van der Waals surface area contributed by atoms with E-state index in [9.17, 15) is 9.59 Å². The van der Waals surface area contributed by atoms with Crippen LogP contribution in [0.4, 0.5) is 4.79 Å². The van der Waals surface area contributed by atoms with Gasteiger partial charge in [0.1, 0.15) is 5.60 Å². The number of ether oxygens (including phenoxy) is 1. The number of thiophene rings is 1. The number of rotatable bonds is 1. The summed E-state index contributed by atoms with van der Waals surface area (Å²) in [7, 11) is 0. The fourth-order valence-corrected chi connectivity index (χ4v) is 3.39. The second-order valence-electron chi connectivity index (χ2n) is 5.89. The monoisotopic (exact) mass is 374 g/mol. The van der Waals surface area contributed by atoms with Crippen LogP contribution in [0.2, 0.25) is 0 Å². The Hall–Kier alpha value is -1.08. The molecule has 0 saturated carbocycles. The van der Waals surface area contributed by atoms with Crippen LogP contribution in [0.5, 0.6) is 0 Å². The minimum atomic E-state index is -0.493. The zero-order valence-electron chi connectivity index (χ0n) is 12.4. The van der Waals surface area contributed by atoms with Crippen LogP contribution < -0.4 is 0 Å². The van der Waals surface area contributed by atoms with Crippen molar-refractivity contribution in [2.24, 2.45) is 0 Å². The molecule has 1 aliphatic heterocycles. The van der Waals surface area contributed by atoms with Gasteiger partial charge in [-0.3, -0.25) is 4.79 Å². The average Bonchev–Trinajstić information content (AvgIpc) is 2.83. The van der Waals surface area contributed by atoms with Gasteiger partial charge in [0, 0.05) is 36.0 Å². The van der Waals surface area contributed by atoms with Gasteiger partial charge >= 0.3 is 6.09 Å². The van der Waals surface area contributed by atoms with Crippen molar-refractivity contribution in [3.8, 4) is 0 Å². The Morgan fingerprint density at radius 2 is 1.76 bits per heavy atom. The van der Waals surface area contributed by atoms with Gasteiger partial charge in [0.15, 0.2) is 0 Å². The van der Waals surface area contributed by atoms with Gasteiger partial charge in [-0.2, -0.15) is 0 Å². The second-order valence-corrected chi connectivity index (χ2v) is 7.72. The van der Waals surface area contributed by atoms with Crippen LogP contribution in [0.25, 0.3) is 0 Å². The third kappa shape index (κ3) is 4.44. The van der Waals surface area contributed by atoms with Gasteiger partial charge in [-0.15, -0.1) is 11.3 Å². The van der Waals surface area contributed by atoms with E-state index >= 15 is 0 Å². The van der Waals surface area contributed by atoms with E-state index in [4.69, 9.17) is 4.74 Å². The Kier molecular flexibility index (Phi) is 4.93. The highest BCUT2D eigenvalue weighted by Crippen LogP contribution is 2.22. The summed E-state index contributed by atoms with van der Waals surface area (Å²) < 4.78 is 6.26. The molecule has 1 saturated heterocycles. The van der Waals surface area contributed by atoms with Crippen LogP contribution in [0, 0.1) is 0 Å². The van der Waals surface area contributed by atoms with E-state index in [2.05, 4.69) is 15.9 Å². The van der Waals surface area contributed by atoms with Gasteiger partial charge < -0.3 is 14.5 Å². The maximum atomic E-state index is 12.3. The second kappa shape index (κ2) is 6.36. The van der Waals surface area contributed by atoms with Crippen LogP contribution in [0.3, 0.4) is 0 Å². The number of hydrogen-bond donors (Lipinski definition) is 0. The van der Waals surface area contributed by atoms with E-state index in [0.29, 0.717) is 31.1 Å². The molecule has 2 rings (SSSR count). The van der Waals surface area contributed by atoms with E-state index in [1.807, 2.05) is 32.2 Å². The summed E-state index contributed by atoms with van der Waals surface area (Å²) in [6, 6.07) is 1.83. The molecule has 0 unspecified atom stereocenters. The minimum Gasteiger partial charge on any atom is -0.444 e. The standard InChI is InChI=1S/C14H19BrN2O3S/c1-14(2,3)20-13(19)17-6-4-16(5-7-17)12(18)11-8-10(15)9-21-11/h8-9H,4-7H2,1-3H3. The van der Waals surface area contributed by atoms with Crippen LogP contribution >= 0.6 is 27.3 Å². The van der Waals surface area contributed by atoms with E-state index in [1.54, 1.807) is 9.80 Å². The topological polar surface area (TPSA) is 49.9 Å². The molecule has 1 aromatic heterocycles. The first-order valence-corrected chi connectivity index (χ1v) is 8.45. The normalized spacial score (nSPS) is 16.0. The number of hydrogen-bond acceptors (Lipinski definition) is 4. The van der Waals surface area contributed by atoms with Crippen molar-refractivity contribution in [3.63, 3.8) is 0 Å². The zero-order chi connectivity index (χ0) is 15.6. The lowest BCUT2D eigenvalue weighted by Crippen LogP contribution is -2.51. The molecule has 1 aliphatic rings. The summed E-state index contributed by atoms with van der Waals surface area (Å²) in [4.78, 5) is 28.4. The number of halogens is 1. The molecule has 116 valence electrons. The average molecular weight is 375 g/mol. The molecule has 0 aromatic carbocycles. The third-order valence-electron chi connectivity index (χ3n) is 3.00.